The normalized spacial score (nSPS) is 12.0. The summed E-state index contributed by atoms with van der Waals surface area (Å²) in [5.41, 5.74) is 13.1. The molecular weight excluding hydrogens is 544 g/mol. The van der Waals surface area contributed by atoms with Crippen LogP contribution in [0, 0.1) is 0 Å². The summed E-state index contributed by atoms with van der Waals surface area (Å²) < 4.78 is 5.37. The van der Waals surface area contributed by atoms with Gasteiger partial charge in [-0.1, -0.05) is 91.0 Å². The molecule has 43 heavy (non-hydrogen) atoms. The molecule has 4 rings (SSSR count). The molecule has 0 radical (unpaired) electrons. The second-order valence-corrected chi connectivity index (χ2v) is 10.0. The Balaban J connectivity index is 1.48. The summed E-state index contributed by atoms with van der Waals surface area (Å²) in [6.07, 6.45) is 0.146. The second kappa shape index (κ2) is 15.6. The van der Waals surface area contributed by atoms with E-state index in [-0.39, 0.29) is 32.0 Å². The van der Waals surface area contributed by atoms with Gasteiger partial charge in [0.2, 0.25) is 11.8 Å². The molecule has 222 valence electrons. The van der Waals surface area contributed by atoms with Crippen LogP contribution in [0.5, 0.6) is 0 Å². The highest BCUT2D eigenvalue weighted by molar-refractivity contribution is 5.99. The van der Waals surface area contributed by atoms with Crippen LogP contribution in [0.2, 0.25) is 0 Å². The number of ether oxygens (including phenoxy) is 1. The van der Waals surface area contributed by atoms with Gasteiger partial charge < -0.3 is 32.2 Å². The van der Waals surface area contributed by atoms with Crippen LogP contribution in [0.25, 0.3) is 10.8 Å². The van der Waals surface area contributed by atoms with Crippen LogP contribution < -0.4 is 27.4 Å². The average Bonchev–Trinajstić information content (AvgIpc) is 3.02. The number of hydrogen-bond donors (Lipinski definition) is 5. The van der Waals surface area contributed by atoms with Crippen molar-refractivity contribution in [3.05, 3.63) is 114 Å². The van der Waals surface area contributed by atoms with Crippen molar-refractivity contribution < 1.29 is 19.1 Å². The number of fused-ring (bicyclic) bond motifs is 1. The number of carbonyl (C=O) groups is 3. The van der Waals surface area contributed by atoms with Crippen LogP contribution in [0.3, 0.4) is 0 Å². The van der Waals surface area contributed by atoms with Gasteiger partial charge in [-0.15, -0.1) is 0 Å². The zero-order chi connectivity index (χ0) is 30.4. The van der Waals surface area contributed by atoms with Crippen LogP contribution in [0.1, 0.15) is 24.0 Å². The van der Waals surface area contributed by atoms with Gasteiger partial charge in [-0.05, 0) is 46.9 Å². The number of aliphatic imine (C=N–C) groups is 1. The molecule has 0 saturated carbocycles. The Bertz CT molecular complexity index is 1540. The Morgan fingerprint density at radius 3 is 2.07 bits per heavy atom. The van der Waals surface area contributed by atoms with Crippen LogP contribution >= 0.6 is 0 Å². The van der Waals surface area contributed by atoms with Gasteiger partial charge in [-0.2, -0.15) is 0 Å². The number of guanidine groups is 1. The Hall–Kier alpha value is -5.38. The lowest BCUT2D eigenvalue weighted by atomic mass is 10.0. The number of benzene rings is 4. The molecule has 2 atom stereocenters. The van der Waals surface area contributed by atoms with E-state index in [1.54, 1.807) is 6.07 Å². The molecule has 0 aromatic heterocycles. The van der Waals surface area contributed by atoms with Crippen molar-refractivity contribution in [2.75, 3.05) is 11.9 Å². The van der Waals surface area contributed by atoms with Crippen molar-refractivity contribution in [1.82, 2.24) is 10.6 Å². The van der Waals surface area contributed by atoms with Crippen LogP contribution in [0.15, 0.2) is 108 Å². The summed E-state index contributed by atoms with van der Waals surface area (Å²) in [6.45, 7) is 0.337. The Kier molecular flexibility index (Phi) is 11.1. The SMILES string of the molecule is NC(N)=NCCC[C@H](NC(=O)[C@H](Cc1ccccc1)NC(=O)OCc1ccccc1)C(=O)Nc1ccc2ccccc2c1. The first-order chi connectivity index (χ1) is 20.9. The van der Waals surface area contributed by atoms with Gasteiger partial charge in [0.1, 0.15) is 18.7 Å². The minimum absolute atomic E-state index is 0.0495. The first-order valence-electron chi connectivity index (χ1n) is 14.0. The minimum Gasteiger partial charge on any atom is -0.445 e. The molecule has 7 N–H and O–H groups in total. The Labute approximate surface area is 250 Å². The highest BCUT2D eigenvalue weighted by Gasteiger charge is 2.27. The summed E-state index contributed by atoms with van der Waals surface area (Å²) in [4.78, 5) is 43.8. The van der Waals surface area contributed by atoms with Gasteiger partial charge in [0.15, 0.2) is 5.96 Å². The van der Waals surface area contributed by atoms with Crippen molar-refractivity contribution in [2.24, 2.45) is 16.5 Å². The zero-order valence-corrected chi connectivity index (χ0v) is 23.7. The number of carbonyl (C=O) groups excluding carboxylic acids is 3. The van der Waals surface area contributed by atoms with Gasteiger partial charge in [-0.25, -0.2) is 4.79 Å². The summed E-state index contributed by atoms with van der Waals surface area (Å²) in [7, 11) is 0. The third kappa shape index (κ3) is 9.89. The van der Waals surface area contributed by atoms with Gasteiger partial charge in [0.25, 0.3) is 0 Å². The molecule has 0 aliphatic rings. The fourth-order valence-electron chi connectivity index (χ4n) is 4.51. The number of nitrogens with two attached hydrogens (primary N) is 2. The highest BCUT2D eigenvalue weighted by Crippen LogP contribution is 2.19. The highest BCUT2D eigenvalue weighted by atomic mass is 16.5. The third-order valence-corrected chi connectivity index (χ3v) is 6.70. The monoisotopic (exact) mass is 580 g/mol. The predicted molar refractivity (Wildman–Crippen MR) is 168 cm³/mol. The van der Waals surface area contributed by atoms with E-state index in [0.717, 1.165) is 21.9 Å². The van der Waals surface area contributed by atoms with Crippen LogP contribution in [0.4, 0.5) is 10.5 Å². The van der Waals surface area contributed by atoms with Crippen molar-refractivity contribution in [3.63, 3.8) is 0 Å². The fourth-order valence-corrected chi connectivity index (χ4v) is 4.51. The quantitative estimate of drug-likeness (QED) is 0.0917. The van der Waals surface area contributed by atoms with E-state index in [4.69, 9.17) is 16.2 Å². The van der Waals surface area contributed by atoms with Gasteiger partial charge >= 0.3 is 6.09 Å². The number of amides is 3. The predicted octanol–water partition coefficient (Wildman–Crippen LogP) is 3.85. The molecule has 0 spiro atoms. The Morgan fingerprint density at radius 1 is 0.721 bits per heavy atom. The maximum Gasteiger partial charge on any atom is 0.408 e. The van der Waals surface area contributed by atoms with E-state index >= 15 is 0 Å². The van der Waals surface area contributed by atoms with Gasteiger partial charge in [0, 0.05) is 18.7 Å². The molecule has 0 unspecified atom stereocenters. The number of anilines is 1. The van der Waals surface area contributed by atoms with Crippen molar-refractivity contribution in [3.8, 4) is 0 Å². The average molecular weight is 581 g/mol. The lowest BCUT2D eigenvalue weighted by Gasteiger charge is -2.23. The lowest BCUT2D eigenvalue weighted by molar-refractivity contribution is -0.128. The largest absolute Gasteiger partial charge is 0.445 e. The molecule has 0 bridgehead atoms. The molecule has 4 aromatic rings. The maximum atomic E-state index is 13.6. The van der Waals surface area contributed by atoms with E-state index < -0.39 is 30.0 Å². The van der Waals surface area contributed by atoms with E-state index in [2.05, 4.69) is 20.9 Å². The number of nitrogens with one attached hydrogen (secondary N) is 3. The van der Waals surface area contributed by atoms with E-state index in [9.17, 15) is 14.4 Å². The summed E-state index contributed by atoms with van der Waals surface area (Å²) in [5.74, 6) is -0.984. The minimum atomic E-state index is -1.00. The summed E-state index contributed by atoms with van der Waals surface area (Å²) >= 11 is 0. The molecule has 4 aromatic carbocycles. The fraction of sp³-hybridized carbons (Fsp3) is 0.212. The standard InChI is InChI=1S/C33H36N6O4/c34-32(35)36-19-9-16-28(30(40)37-27-18-17-25-14-7-8-15-26(25)21-27)38-31(41)29(20-23-10-3-1-4-11-23)39-33(42)43-22-24-12-5-2-6-13-24/h1-8,10-15,17-18,21,28-29H,9,16,19-20,22H2,(H,37,40)(H,38,41)(H,39,42)(H4,34,35,36)/t28-,29-/m0/s1. The molecule has 0 heterocycles. The van der Waals surface area contributed by atoms with Crippen LogP contribution in [-0.4, -0.2) is 42.5 Å². The topological polar surface area (TPSA) is 161 Å². The number of nitrogens with zero attached hydrogens (tertiary/aromatic N) is 1. The molecule has 0 aliphatic heterocycles. The molecule has 0 fully saturated rings. The van der Waals surface area contributed by atoms with Crippen molar-refractivity contribution in [1.29, 1.82) is 0 Å². The third-order valence-electron chi connectivity index (χ3n) is 6.70. The summed E-state index contributed by atoms with van der Waals surface area (Å²) in [5, 5.41) is 10.4. The van der Waals surface area contributed by atoms with Crippen LogP contribution in [-0.2, 0) is 27.4 Å². The zero-order valence-electron chi connectivity index (χ0n) is 23.7. The van der Waals surface area contributed by atoms with Crippen molar-refractivity contribution >= 4 is 40.3 Å². The molecule has 10 nitrogen and oxygen atoms in total. The maximum absolute atomic E-state index is 13.6. The lowest BCUT2D eigenvalue weighted by Crippen LogP contribution is -2.53. The second-order valence-electron chi connectivity index (χ2n) is 10.0. The van der Waals surface area contributed by atoms with E-state index in [0.29, 0.717) is 12.1 Å². The van der Waals surface area contributed by atoms with Gasteiger partial charge in [-0.3, -0.25) is 14.6 Å². The molecular formula is C33H36N6O4. The van der Waals surface area contributed by atoms with Gasteiger partial charge in [0.05, 0.1) is 0 Å². The number of hydrogen-bond acceptors (Lipinski definition) is 5. The smallest absolute Gasteiger partial charge is 0.408 e. The molecule has 0 aliphatic carbocycles. The summed E-state index contributed by atoms with van der Waals surface area (Å²) in [6, 6.07) is 30.0. The number of rotatable bonds is 13. The van der Waals surface area contributed by atoms with E-state index in [1.807, 2.05) is 97.1 Å². The first-order valence-corrected chi connectivity index (χ1v) is 14.0. The molecule has 3 amide bonds. The van der Waals surface area contributed by atoms with E-state index in [1.165, 1.54) is 0 Å². The first kappa shape index (κ1) is 30.6. The molecule has 0 saturated heterocycles. The Morgan fingerprint density at radius 2 is 1.37 bits per heavy atom. The number of alkyl carbamates (subject to hydrolysis) is 1. The van der Waals surface area contributed by atoms with Crippen molar-refractivity contribution in [2.45, 2.75) is 38.0 Å². The molecule has 10 heteroatoms.